The first-order chi connectivity index (χ1) is 9.38. The molecule has 0 aliphatic carbocycles. The maximum Gasteiger partial charge on any atom is 0.416 e. The van der Waals surface area contributed by atoms with Gasteiger partial charge in [0.05, 0.1) is 5.56 Å². The zero-order valence-electron chi connectivity index (χ0n) is 9.98. The topological polar surface area (TPSA) is 84.9 Å². The molecule has 104 valence electrons. The Morgan fingerprint density at radius 2 is 1.90 bits per heavy atom. The van der Waals surface area contributed by atoms with Crippen LogP contribution < -0.4 is 10.5 Å². The van der Waals surface area contributed by atoms with Crippen molar-refractivity contribution in [3.8, 4) is 11.6 Å². The Bertz CT molecular complexity index is 643. The average Bonchev–Trinajstić information content (AvgIpc) is 2.38. The van der Waals surface area contributed by atoms with E-state index in [-0.39, 0.29) is 23.2 Å². The molecule has 0 saturated carbocycles. The summed E-state index contributed by atoms with van der Waals surface area (Å²) in [5.74, 6) is -0.581. The van der Waals surface area contributed by atoms with Crippen molar-refractivity contribution in [1.29, 1.82) is 5.41 Å². The Balaban J connectivity index is 2.34. The van der Waals surface area contributed by atoms with Gasteiger partial charge in [0.25, 0.3) is 0 Å². The third-order valence-corrected chi connectivity index (χ3v) is 2.30. The third kappa shape index (κ3) is 3.02. The predicted octanol–water partition coefficient (Wildman–Crippen LogP) is 2.57. The van der Waals surface area contributed by atoms with Crippen molar-refractivity contribution >= 4 is 5.84 Å². The Morgan fingerprint density at radius 3 is 2.55 bits per heavy atom. The zero-order valence-corrected chi connectivity index (χ0v) is 9.98. The highest BCUT2D eigenvalue weighted by Crippen LogP contribution is 2.32. The van der Waals surface area contributed by atoms with Crippen molar-refractivity contribution in [2.45, 2.75) is 6.18 Å². The number of aromatic nitrogens is 2. The normalized spacial score (nSPS) is 11.2. The number of halogens is 3. The van der Waals surface area contributed by atoms with Crippen LogP contribution in [0.5, 0.6) is 11.6 Å². The van der Waals surface area contributed by atoms with E-state index in [1.165, 1.54) is 24.5 Å². The first-order valence-corrected chi connectivity index (χ1v) is 5.38. The molecule has 1 heterocycles. The predicted molar refractivity (Wildman–Crippen MR) is 64.6 cm³/mol. The standard InChI is InChI=1S/C12H9F3N4O/c13-12(14,15)7-2-1-3-8(6-7)20-11-9(10(16)17)18-4-5-19-11/h1-6H,(H3,16,17). The molecule has 1 aromatic carbocycles. The van der Waals surface area contributed by atoms with Crippen LogP contribution in [-0.2, 0) is 6.18 Å². The summed E-state index contributed by atoms with van der Waals surface area (Å²) in [5.41, 5.74) is 4.41. The molecule has 0 saturated heterocycles. The van der Waals surface area contributed by atoms with Crippen LogP contribution in [0.1, 0.15) is 11.3 Å². The van der Waals surface area contributed by atoms with E-state index in [1.54, 1.807) is 0 Å². The number of nitrogens with one attached hydrogen (secondary N) is 1. The lowest BCUT2D eigenvalue weighted by molar-refractivity contribution is -0.137. The van der Waals surface area contributed by atoms with E-state index in [0.29, 0.717) is 0 Å². The average molecular weight is 282 g/mol. The van der Waals surface area contributed by atoms with Crippen LogP contribution in [0.15, 0.2) is 36.7 Å². The van der Waals surface area contributed by atoms with Gasteiger partial charge in [-0.1, -0.05) is 6.07 Å². The van der Waals surface area contributed by atoms with Crippen LogP contribution in [0.4, 0.5) is 13.2 Å². The Labute approximate surface area is 111 Å². The minimum absolute atomic E-state index is 0.0371. The highest BCUT2D eigenvalue weighted by molar-refractivity contribution is 5.95. The van der Waals surface area contributed by atoms with Crippen LogP contribution in [-0.4, -0.2) is 15.8 Å². The molecule has 0 fully saturated rings. The first-order valence-electron chi connectivity index (χ1n) is 5.38. The molecule has 2 aromatic rings. The molecular formula is C12H9F3N4O. The molecule has 0 atom stereocenters. The molecule has 3 N–H and O–H groups in total. The molecule has 0 aliphatic rings. The number of nitrogen functional groups attached to an aromatic ring is 1. The van der Waals surface area contributed by atoms with Crippen LogP contribution in [0.2, 0.25) is 0 Å². The lowest BCUT2D eigenvalue weighted by atomic mass is 10.2. The molecule has 0 amide bonds. The molecule has 0 radical (unpaired) electrons. The monoisotopic (exact) mass is 282 g/mol. The maximum atomic E-state index is 12.6. The van der Waals surface area contributed by atoms with Gasteiger partial charge in [0.15, 0.2) is 5.69 Å². The molecule has 0 spiro atoms. The van der Waals surface area contributed by atoms with Crippen molar-refractivity contribution in [3.05, 3.63) is 47.9 Å². The summed E-state index contributed by atoms with van der Waals surface area (Å²) < 4.78 is 42.9. The second-order valence-corrected chi connectivity index (χ2v) is 3.75. The molecule has 0 aliphatic heterocycles. The number of benzene rings is 1. The van der Waals surface area contributed by atoms with Crippen molar-refractivity contribution in [3.63, 3.8) is 0 Å². The Hall–Kier alpha value is -2.64. The fourth-order valence-electron chi connectivity index (χ4n) is 1.43. The van der Waals surface area contributed by atoms with Crippen LogP contribution in [0.25, 0.3) is 0 Å². The number of rotatable bonds is 3. The Morgan fingerprint density at radius 1 is 1.20 bits per heavy atom. The molecule has 5 nitrogen and oxygen atoms in total. The SMILES string of the molecule is N=C(N)c1nccnc1Oc1cccc(C(F)(F)F)c1. The van der Waals surface area contributed by atoms with Crippen molar-refractivity contribution in [1.82, 2.24) is 9.97 Å². The highest BCUT2D eigenvalue weighted by Gasteiger charge is 2.30. The molecule has 0 bridgehead atoms. The Kier molecular flexibility index (Phi) is 3.55. The number of hydrogen-bond acceptors (Lipinski definition) is 4. The quantitative estimate of drug-likeness (QED) is 0.669. The van der Waals surface area contributed by atoms with E-state index in [4.69, 9.17) is 15.9 Å². The third-order valence-electron chi connectivity index (χ3n) is 2.30. The summed E-state index contributed by atoms with van der Waals surface area (Å²) in [6, 6.07) is 4.31. The van der Waals surface area contributed by atoms with E-state index in [1.807, 2.05) is 0 Å². The molecular weight excluding hydrogens is 273 g/mol. The smallest absolute Gasteiger partial charge is 0.416 e. The molecule has 0 unspecified atom stereocenters. The highest BCUT2D eigenvalue weighted by atomic mass is 19.4. The van der Waals surface area contributed by atoms with Gasteiger partial charge in [-0.3, -0.25) is 5.41 Å². The summed E-state index contributed by atoms with van der Waals surface area (Å²) in [7, 11) is 0. The fraction of sp³-hybridized carbons (Fsp3) is 0.0833. The number of nitrogens with two attached hydrogens (primary N) is 1. The summed E-state index contributed by atoms with van der Waals surface area (Å²) >= 11 is 0. The fourth-order valence-corrected chi connectivity index (χ4v) is 1.43. The maximum absolute atomic E-state index is 12.6. The number of ether oxygens (including phenoxy) is 1. The number of nitrogens with zero attached hydrogens (tertiary/aromatic N) is 2. The lowest BCUT2D eigenvalue weighted by Gasteiger charge is -2.10. The number of amidine groups is 1. The van der Waals surface area contributed by atoms with Gasteiger partial charge < -0.3 is 10.5 Å². The largest absolute Gasteiger partial charge is 0.437 e. The van der Waals surface area contributed by atoms with E-state index >= 15 is 0 Å². The van der Waals surface area contributed by atoms with Gasteiger partial charge in [-0.2, -0.15) is 13.2 Å². The number of hydrogen-bond donors (Lipinski definition) is 2. The van der Waals surface area contributed by atoms with Crippen molar-refractivity contribution in [2.75, 3.05) is 0 Å². The molecule has 2 rings (SSSR count). The molecule has 1 aromatic heterocycles. The van der Waals surface area contributed by atoms with E-state index in [9.17, 15) is 13.2 Å². The first kappa shape index (κ1) is 13.8. The van der Waals surface area contributed by atoms with Gasteiger partial charge in [0.1, 0.15) is 11.6 Å². The second kappa shape index (κ2) is 5.16. The molecule has 8 heteroatoms. The van der Waals surface area contributed by atoms with Gasteiger partial charge in [-0.15, -0.1) is 0 Å². The summed E-state index contributed by atoms with van der Waals surface area (Å²) in [4.78, 5) is 7.59. The summed E-state index contributed by atoms with van der Waals surface area (Å²) in [6.07, 6.45) is -1.88. The van der Waals surface area contributed by atoms with Crippen LogP contribution >= 0.6 is 0 Å². The molecule has 20 heavy (non-hydrogen) atoms. The van der Waals surface area contributed by atoms with Crippen molar-refractivity contribution < 1.29 is 17.9 Å². The van der Waals surface area contributed by atoms with Crippen LogP contribution in [0, 0.1) is 5.41 Å². The summed E-state index contributed by atoms with van der Waals surface area (Å²) in [6.45, 7) is 0. The van der Waals surface area contributed by atoms with Gasteiger partial charge in [0, 0.05) is 12.4 Å². The van der Waals surface area contributed by atoms with E-state index < -0.39 is 11.7 Å². The van der Waals surface area contributed by atoms with Gasteiger partial charge >= 0.3 is 6.18 Å². The number of alkyl halides is 3. The van der Waals surface area contributed by atoms with Crippen molar-refractivity contribution in [2.24, 2.45) is 5.73 Å². The van der Waals surface area contributed by atoms with Gasteiger partial charge in [-0.05, 0) is 18.2 Å². The minimum Gasteiger partial charge on any atom is -0.437 e. The van der Waals surface area contributed by atoms with E-state index in [0.717, 1.165) is 12.1 Å². The van der Waals surface area contributed by atoms with Gasteiger partial charge in [0.2, 0.25) is 5.88 Å². The lowest BCUT2D eigenvalue weighted by Crippen LogP contribution is -2.15. The van der Waals surface area contributed by atoms with Gasteiger partial charge in [-0.25, -0.2) is 9.97 Å². The summed E-state index contributed by atoms with van der Waals surface area (Å²) in [5, 5.41) is 7.30. The zero-order chi connectivity index (χ0) is 14.8. The second-order valence-electron chi connectivity index (χ2n) is 3.75. The minimum atomic E-state index is -4.47. The van der Waals surface area contributed by atoms with Crippen LogP contribution in [0.3, 0.4) is 0 Å². The van der Waals surface area contributed by atoms with E-state index in [2.05, 4.69) is 9.97 Å².